The lowest BCUT2D eigenvalue weighted by Gasteiger charge is -2.28. The minimum atomic E-state index is 0.464. The lowest BCUT2D eigenvalue weighted by atomic mass is 9.94. The van der Waals surface area contributed by atoms with Gasteiger partial charge in [-0.15, -0.1) is 0 Å². The highest BCUT2D eigenvalue weighted by Gasteiger charge is 2.22. The van der Waals surface area contributed by atoms with Gasteiger partial charge in [0, 0.05) is 12.1 Å². The fraction of sp³-hybridized carbons (Fsp3) is 0.667. The minimum absolute atomic E-state index is 0.464. The summed E-state index contributed by atoms with van der Waals surface area (Å²) < 4.78 is 0. The maximum Gasteiger partial charge on any atom is 0.0297 e. The largest absolute Gasteiger partial charge is 0.307 e. The third-order valence-corrected chi connectivity index (χ3v) is 4.72. The Balaban J connectivity index is 2.04. The van der Waals surface area contributed by atoms with Gasteiger partial charge in [0.15, 0.2) is 0 Å². The standard InChI is InChI=1S/C18H29N/c1-13-10-11-17(15(3)12-13)16(4)19-18-9-7-5-6-8-14(18)2/h10-12,14,16,18-19H,5-9H2,1-4H3. The van der Waals surface area contributed by atoms with E-state index >= 15 is 0 Å². The molecule has 0 radical (unpaired) electrons. The quantitative estimate of drug-likeness (QED) is 0.759. The molecule has 0 aromatic heterocycles. The van der Waals surface area contributed by atoms with E-state index in [0.717, 1.165) is 5.92 Å². The summed E-state index contributed by atoms with van der Waals surface area (Å²) in [6.45, 7) is 9.13. The summed E-state index contributed by atoms with van der Waals surface area (Å²) in [6, 6.07) is 7.98. The summed E-state index contributed by atoms with van der Waals surface area (Å²) in [4.78, 5) is 0. The van der Waals surface area contributed by atoms with Gasteiger partial charge in [-0.05, 0) is 50.7 Å². The van der Waals surface area contributed by atoms with Crippen molar-refractivity contribution in [1.82, 2.24) is 5.32 Å². The van der Waals surface area contributed by atoms with Crippen molar-refractivity contribution in [1.29, 1.82) is 0 Å². The number of aryl methyl sites for hydroxylation is 2. The normalized spacial score (nSPS) is 25.9. The molecule has 1 nitrogen and oxygen atoms in total. The topological polar surface area (TPSA) is 12.0 Å². The minimum Gasteiger partial charge on any atom is -0.307 e. The van der Waals surface area contributed by atoms with Crippen LogP contribution in [0, 0.1) is 19.8 Å². The second kappa shape index (κ2) is 6.56. The number of nitrogens with one attached hydrogen (secondary N) is 1. The fourth-order valence-electron chi connectivity index (χ4n) is 3.46. The zero-order chi connectivity index (χ0) is 13.8. The molecule has 0 saturated heterocycles. The van der Waals surface area contributed by atoms with E-state index in [2.05, 4.69) is 51.2 Å². The summed E-state index contributed by atoms with van der Waals surface area (Å²) in [5.74, 6) is 0.815. The third kappa shape index (κ3) is 3.82. The maximum absolute atomic E-state index is 3.89. The lowest BCUT2D eigenvalue weighted by molar-refractivity contribution is 0.330. The fourth-order valence-corrected chi connectivity index (χ4v) is 3.46. The van der Waals surface area contributed by atoms with E-state index in [-0.39, 0.29) is 0 Å². The summed E-state index contributed by atoms with van der Waals surface area (Å²) in [6.07, 6.45) is 6.95. The zero-order valence-corrected chi connectivity index (χ0v) is 13.0. The maximum atomic E-state index is 3.89. The van der Waals surface area contributed by atoms with Crippen LogP contribution < -0.4 is 5.32 Å². The molecule has 3 atom stereocenters. The molecule has 0 bridgehead atoms. The molecular formula is C18H29N. The van der Waals surface area contributed by atoms with Gasteiger partial charge in [0.05, 0.1) is 0 Å². The number of hydrogen-bond donors (Lipinski definition) is 1. The van der Waals surface area contributed by atoms with E-state index in [9.17, 15) is 0 Å². The molecular weight excluding hydrogens is 230 g/mol. The summed E-state index contributed by atoms with van der Waals surface area (Å²) >= 11 is 0. The molecule has 1 saturated carbocycles. The van der Waals surface area contributed by atoms with Crippen molar-refractivity contribution in [2.24, 2.45) is 5.92 Å². The van der Waals surface area contributed by atoms with Crippen molar-refractivity contribution in [3.05, 3.63) is 34.9 Å². The van der Waals surface area contributed by atoms with E-state index < -0.39 is 0 Å². The van der Waals surface area contributed by atoms with Crippen molar-refractivity contribution in [3.63, 3.8) is 0 Å². The first-order valence-electron chi connectivity index (χ1n) is 7.91. The predicted molar refractivity (Wildman–Crippen MR) is 83.5 cm³/mol. The molecule has 1 aromatic carbocycles. The van der Waals surface area contributed by atoms with Crippen LogP contribution in [0.5, 0.6) is 0 Å². The van der Waals surface area contributed by atoms with E-state index in [1.165, 1.54) is 48.8 Å². The molecule has 0 spiro atoms. The highest BCUT2D eigenvalue weighted by Crippen LogP contribution is 2.26. The molecule has 3 unspecified atom stereocenters. The van der Waals surface area contributed by atoms with Crippen molar-refractivity contribution < 1.29 is 0 Å². The lowest BCUT2D eigenvalue weighted by Crippen LogP contribution is -2.36. The molecule has 1 aromatic rings. The van der Waals surface area contributed by atoms with Gasteiger partial charge >= 0.3 is 0 Å². The van der Waals surface area contributed by atoms with Crippen LogP contribution in [-0.4, -0.2) is 6.04 Å². The zero-order valence-electron chi connectivity index (χ0n) is 13.0. The van der Waals surface area contributed by atoms with Gasteiger partial charge in [-0.1, -0.05) is 49.9 Å². The van der Waals surface area contributed by atoms with Crippen LogP contribution in [0.15, 0.2) is 18.2 Å². The van der Waals surface area contributed by atoms with Crippen LogP contribution in [0.2, 0.25) is 0 Å². The summed E-state index contributed by atoms with van der Waals surface area (Å²) in [5, 5.41) is 3.89. The molecule has 1 heteroatoms. The average molecular weight is 259 g/mol. The molecule has 0 aliphatic heterocycles. The van der Waals surface area contributed by atoms with E-state index in [1.807, 2.05) is 0 Å². The Morgan fingerprint density at radius 1 is 1.11 bits per heavy atom. The molecule has 1 aliphatic rings. The molecule has 19 heavy (non-hydrogen) atoms. The Morgan fingerprint density at radius 2 is 1.84 bits per heavy atom. The van der Waals surface area contributed by atoms with Crippen LogP contribution >= 0.6 is 0 Å². The number of benzene rings is 1. The SMILES string of the molecule is Cc1ccc(C(C)NC2CCCCCC2C)c(C)c1. The Kier molecular flexibility index (Phi) is 5.04. The highest BCUT2D eigenvalue weighted by molar-refractivity contribution is 5.32. The van der Waals surface area contributed by atoms with Crippen LogP contribution in [-0.2, 0) is 0 Å². The van der Waals surface area contributed by atoms with Gasteiger partial charge in [-0.2, -0.15) is 0 Å². The van der Waals surface area contributed by atoms with Crippen molar-refractivity contribution >= 4 is 0 Å². The number of hydrogen-bond acceptors (Lipinski definition) is 1. The predicted octanol–water partition coefficient (Wildman–Crippen LogP) is 4.92. The van der Waals surface area contributed by atoms with Gasteiger partial charge in [0.2, 0.25) is 0 Å². The molecule has 0 heterocycles. The second-order valence-corrected chi connectivity index (χ2v) is 6.47. The van der Waals surface area contributed by atoms with Crippen molar-refractivity contribution in [2.45, 2.75) is 71.9 Å². The Bertz CT molecular complexity index is 410. The van der Waals surface area contributed by atoms with Crippen molar-refractivity contribution in [3.8, 4) is 0 Å². The van der Waals surface area contributed by atoms with E-state index in [0.29, 0.717) is 12.1 Å². The molecule has 1 N–H and O–H groups in total. The molecule has 106 valence electrons. The summed E-state index contributed by atoms with van der Waals surface area (Å²) in [7, 11) is 0. The van der Waals surface area contributed by atoms with Gasteiger partial charge in [0.1, 0.15) is 0 Å². The van der Waals surface area contributed by atoms with Crippen molar-refractivity contribution in [2.75, 3.05) is 0 Å². The third-order valence-electron chi connectivity index (χ3n) is 4.72. The average Bonchev–Trinajstić information content (AvgIpc) is 2.55. The van der Waals surface area contributed by atoms with Gasteiger partial charge in [-0.3, -0.25) is 0 Å². The monoisotopic (exact) mass is 259 g/mol. The highest BCUT2D eigenvalue weighted by atomic mass is 15.0. The molecule has 0 amide bonds. The second-order valence-electron chi connectivity index (χ2n) is 6.47. The van der Waals surface area contributed by atoms with Gasteiger partial charge in [0.25, 0.3) is 0 Å². The first-order valence-corrected chi connectivity index (χ1v) is 7.91. The van der Waals surface area contributed by atoms with Gasteiger partial charge < -0.3 is 5.32 Å². The summed E-state index contributed by atoms with van der Waals surface area (Å²) in [5.41, 5.74) is 4.24. The smallest absolute Gasteiger partial charge is 0.0297 e. The van der Waals surface area contributed by atoms with E-state index in [4.69, 9.17) is 0 Å². The van der Waals surface area contributed by atoms with Crippen LogP contribution in [0.4, 0.5) is 0 Å². The molecule has 2 rings (SSSR count). The van der Waals surface area contributed by atoms with Crippen LogP contribution in [0.3, 0.4) is 0 Å². The first-order chi connectivity index (χ1) is 9.08. The Hall–Kier alpha value is -0.820. The van der Waals surface area contributed by atoms with E-state index in [1.54, 1.807) is 0 Å². The molecule has 1 fully saturated rings. The first kappa shape index (κ1) is 14.6. The Morgan fingerprint density at radius 3 is 2.58 bits per heavy atom. The van der Waals surface area contributed by atoms with Gasteiger partial charge in [-0.25, -0.2) is 0 Å². The van der Waals surface area contributed by atoms with Crippen LogP contribution in [0.1, 0.15) is 68.7 Å². The number of rotatable bonds is 3. The van der Waals surface area contributed by atoms with Crippen LogP contribution in [0.25, 0.3) is 0 Å². The molecule has 1 aliphatic carbocycles. The Labute approximate surface area is 118 Å².